The van der Waals surface area contributed by atoms with E-state index < -0.39 is 11.9 Å². The van der Waals surface area contributed by atoms with Crippen molar-refractivity contribution in [2.45, 2.75) is 6.92 Å². The number of ether oxygens (including phenoxy) is 2. The van der Waals surface area contributed by atoms with E-state index in [4.69, 9.17) is 9.47 Å². The van der Waals surface area contributed by atoms with E-state index in [0.29, 0.717) is 22.3 Å². The van der Waals surface area contributed by atoms with Gasteiger partial charge in [0.1, 0.15) is 0 Å². The number of hydrogen-bond acceptors (Lipinski definition) is 6. The summed E-state index contributed by atoms with van der Waals surface area (Å²) in [5.74, 6) is -0.967. The minimum atomic E-state index is -0.515. The third-order valence-electron chi connectivity index (χ3n) is 3.42. The zero-order valence-corrected chi connectivity index (χ0v) is 13.2. The van der Waals surface area contributed by atoms with Gasteiger partial charge < -0.3 is 9.47 Å². The maximum atomic E-state index is 12.1. The lowest BCUT2D eigenvalue weighted by molar-refractivity contribution is 0.0520. The molecule has 0 radical (unpaired) electrons. The van der Waals surface area contributed by atoms with E-state index in [9.17, 15) is 9.59 Å². The highest BCUT2D eigenvalue weighted by Gasteiger charge is 2.20. The molecule has 0 aliphatic rings. The molecule has 7 nitrogen and oxygen atoms in total. The van der Waals surface area contributed by atoms with E-state index in [-0.39, 0.29) is 12.3 Å². The first kappa shape index (κ1) is 15.7. The molecule has 2 heterocycles. The Morgan fingerprint density at radius 3 is 2.75 bits per heavy atom. The zero-order chi connectivity index (χ0) is 17.1. The quantitative estimate of drug-likeness (QED) is 0.685. The molecule has 3 rings (SSSR count). The monoisotopic (exact) mass is 325 g/mol. The van der Waals surface area contributed by atoms with Crippen molar-refractivity contribution in [3.8, 4) is 5.69 Å². The van der Waals surface area contributed by atoms with Gasteiger partial charge in [0.2, 0.25) is 0 Å². The molecule has 24 heavy (non-hydrogen) atoms. The Labute approximate surface area is 137 Å². The first-order valence-electron chi connectivity index (χ1n) is 7.35. The number of rotatable bonds is 4. The van der Waals surface area contributed by atoms with E-state index >= 15 is 0 Å². The first-order chi connectivity index (χ1) is 11.7. The Kier molecular flexibility index (Phi) is 4.24. The third kappa shape index (κ3) is 2.71. The molecular formula is C17H15N3O4. The van der Waals surface area contributed by atoms with Crippen molar-refractivity contribution in [1.82, 2.24) is 14.8 Å². The Bertz CT molecular complexity index is 917. The van der Waals surface area contributed by atoms with Crippen LogP contribution in [0.3, 0.4) is 0 Å². The molecule has 2 aromatic heterocycles. The van der Waals surface area contributed by atoms with E-state index in [1.165, 1.54) is 11.8 Å². The average molecular weight is 325 g/mol. The van der Waals surface area contributed by atoms with Crippen molar-refractivity contribution in [3.05, 3.63) is 53.9 Å². The van der Waals surface area contributed by atoms with Gasteiger partial charge in [-0.2, -0.15) is 5.10 Å². The second kappa shape index (κ2) is 6.49. The Morgan fingerprint density at radius 2 is 2.00 bits per heavy atom. The minimum absolute atomic E-state index is 0.184. The summed E-state index contributed by atoms with van der Waals surface area (Å²) in [6, 6.07) is 10.2. The van der Waals surface area contributed by atoms with Gasteiger partial charge in [0, 0.05) is 6.20 Å². The van der Waals surface area contributed by atoms with Crippen molar-refractivity contribution in [2.24, 2.45) is 0 Å². The van der Waals surface area contributed by atoms with Crippen LogP contribution >= 0.6 is 0 Å². The molecule has 0 saturated heterocycles. The van der Waals surface area contributed by atoms with Crippen molar-refractivity contribution in [1.29, 1.82) is 0 Å². The molecule has 1 aromatic carbocycles. The van der Waals surface area contributed by atoms with Gasteiger partial charge in [-0.05, 0) is 37.3 Å². The van der Waals surface area contributed by atoms with Crippen molar-refractivity contribution >= 4 is 23.0 Å². The highest BCUT2D eigenvalue weighted by atomic mass is 16.5. The zero-order valence-electron chi connectivity index (χ0n) is 13.2. The van der Waals surface area contributed by atoms with E-state index in [1.807, 2.05) is 0 Å². The van der Waals surface area contributed by atoms with Crippen molar-refractivity contribution in [2.75, 3.05) is 13.7 Å². The lowest BCUT2D eigenvalue weighted by Gasteiger charge is -2.05. The Morgan fingerprint density at radius 1 is 1.17 bits per heavy atom. The van der Waals surface area contributed by atoms with Gasteiger partial charge in [-0.1, -0.05) is 6.07 Å². The van der Waals surface area contributed by atoms with Crippen LogP contribution in [0.2, 0.25) is 0 Å². The van der Waals surface area contributed by atoms with Crippen LogP contribution in [0.5, 0.6) is 0 Å². The summed E-state index contributed by atoms with van der Waals surface area (Å²) in [4.78, 5) is 28.1. The molecule has 0 N–H and O–H groups in total. The summed E-state index contributed by atoms with van der Waals surface area (Å²) >= 11 is 0. The van der Waals surface area contributed by atoms with Crippen LogP contribution in [0.4, 0.5) is 0 Å². The van der Waals surface area contributed by atoms with Crippen LogP contribution < -0.4 is 0 Å². The Balaban J connectivity index is 2.17. The summed E-state index contributed by atoms with van der Waals surface area (Å²) in [5.41, 5.74) is 1.66. The highest BCUT2D eigenvalue weighted by molar-refractivity contribution is 6.01. The molecule has 0 fully saturated rings. The molecule has 0 amide bonds. The van der Waals surface area contributed by atoms with Crippen LogP contribution in [0.15, 0.2) is 42.6 Å². The number of esters is 2. The average Bonchev–Trinajstić information content (AvgIpc) is 3.01. The van der Waals surface area contributed by atoms with Gasteiger partial charge in [0.25, 0.3) is 0 Å². The van der Waals surface area contributed by atoms with Crippen LogP contribution in [-0.4, -0.2) is 40.4 Å². The second-order valence-electron chi connectivity index (χ2n) is 4.90. The predicted molar refractivity (Wildman–Crippen MR) is 86.2 cm³/mol. The summed E-state index contributed by atoms with van der Waals surface area (Å²) in [6.45, 7) is 1.99. The third-order valence-corrected chi connectivity index (χ3v) is 3.42. The molecule has 0 bridgehead atoms. The molecule has 3 aromatic rings. The maximum absolute atomic E-state index is 12.1. The molecule has 0 aliphatic carbocycles. The summed E-state index contributed by atoms with van der Waals surface area (Å²) in [6.07, 6.45) is 1.61. The number of nitrogens with zero attached hydrogens (tertiary/aromatic N) is 3. The van der Waals surface area contributed by atoms with Gasteiger partial charge in [-0.25, -0.2) is 19.3 Å². The molecular weight excluding hydrogens is 310 g/mol. The number of pyridine rings is 1. The topological polar surface area (TPSA) is 83.3 Å². The lowest BCUT2D eigenvalue weighted by atomic mass is 10.2. The van der Waals surface area contributed by atoms with Crippen molar-refractivity contribution < 1.29 is 19.1 Å². The van der Waals surface area contributed by atoms with Crippen LogP contribution in [-0.2, 0) is 9.47 Å². The number of fused-ring (bicyclic) bond motifs is 1. The lowest BCUT2D eigenvalue weighted by Crippen LogP contribution is -2.07. The SMILES string of the molecule is CCOC(=O)c1nn(-c2cccc(C(=O)OC)c2)c2ncccc12. The highest BCUT2D eigenvalue weighted by Crippen LogP contribution is 2.21. The number of hydrogen-bond donors (Lipinski definition) is 0. The van der Waals surface area contributed by atoms with Gasteiger partial charge in [-0.3, -0.25) is 0 Å². The first-order valence-corrected chi connectivity index (χ1v) is 7.35. The predicted octanol–water partition coefficient (Wildman–Crippen LogP) is 2.38. The fraction of sp³-hybridized carbons (Fsp3) is 0.176. The number of methoxy groups -OCH3 is 1. The number of carbonyl (C=O) groups excluding carboxylic acids is 2. The molecule has 0 unspecified atom stereocenters. The standard InChI is InChI=1S/C17H15N3O4/c1-3-24-17(22)14-13-8-5-9-18-15(13)20(19-14)12-7-4-6-11(10-12)16(21)23-2/h4-10H,3H2,1-2H3. The number of carbonyl (C=O) groups is 2. The van der Waals surface area contributed by atoms with Gasteiger partial charge in [-0.15, -0.1) is 0 Å². The van der Waals surface area contributed by atoms with Gasteiger partial charge in [0.15, 0.2) is 11.3 Å². The smallest absolute Gasteiger partial charge is 0.359 e. The van der Waals surface area contributed by atoms with E-state index in [1.54, 1.807) is 49.5 Å². The summed E-state index contributed by atoms with van der Waals surface area (Å²) < 4.78 is 11.3. The van der Waals surface area contributed by atoms with Crippen LogP contribution in [0.25, 0.3) is 16.7 Å². The molecule has 0 atom stereocenters. The van der Waals surface area contributed by atoms with Crippen LogP contribution in [0.1, 0.15) is 27.8 Å². The summed E-state index contributed by atoms with van der Waals surface area (Å²) in [7, 11) is 1.32. The van der Waals surface area contributed by atoms with Gasteiger partial charge in [0.05, 0.1) is 30.4 Å². The minimum Gasteiger partial charge on any atom is -0.465 e. The molecule has 7 heteroatoms. The number of aromatic nitrogens is 3. The fourth-order valence-electron chi connectivity index (χ4n) is 2.36. The fourth-order valence-corrected chi connectivity index (χ4v) is 2.36. The maximum Gasteiger partial charge on any atom is 0.359 e. The van der Waals surface area contributed by atoms with Crippen molar-refractivity contribution in [3.63, 3.8) is 0 Å². The molecule has 0 aliphatic heterocycles. The largest absolute Gasteiger partial charge is 0.465 e. The second-order valence-corrected chi connectivity index (χ2v) is 4.90. The Hall–Kier alpha value is -3.22. The molecule has 0 saturated carbocycles. The molecule has 122 valence electrons. The van der Waals surface area contributed by atoms with Crippen LogP contribution in [0, 0.1) is 0 Å². The van der Waals surface area contributed by atoms with Gasteiger partial charge >= 0.3 is 11.9 Å². The molecule has 0 spiro atoms. The number of benzene rings is 1. The van der Waals surface area contributed by atoms with E-state index in [2.05, 4.69) is 10.1 Å². The summed E-state index contributed by atoms with van der Waals surface area (Å²) in [5, 5.41) is 4.91. The normalized spacial score (nSPS) is 10.6. The van der Waals surface area contributed by atoms with E-state index in [0.717, 1.165) is 0 Å².